The summed E-state index contributed by atoms with van der Waals surface area (Å²) in [6.07, 6.45) is 1.61. The van der Waals surface area contributed by atoms with Gasteiger partial charge < -0.3 is 18.6 Å². The average Bonchev–Trinajstić information content (AvgIpc) is 3.22. The number of ether oxygens (including phenoxy) is 3. The molecule has 3 rings (SSSR count). The molecule has 1 heterocycles. The zero-order chi connectivity index (χ0) is 18.5. The van der Waals surface area contributed by atoms with E-state index in [0.29, 0.717) is 35.0 Å². The summed E-state index contributed by atoms with van der Waals surface area (Å²) in [4.78, 5) is 13.1. The Labute approximate surface area is 152 Å². The third kappa shape index (κ3) is 3.48. The molecule has 5 heteroatoms. The highest BCUT2D eigenvalue weighted by Crippen LogP contribution is 2.30. The van der Waals surface area contributed by atoms with Gasteiger partial charge in [0.25, 0.3) is 0 Å². The lowest BCUT2D eigenvalue weighted by Crippen LogP contribution is -2.07. The van der Waals surface area contributed by atoms with Gasteiger partial charge in [-0.15, -0.1) is 0 Å². The normalized spacial score (nSPS) is 10.6. The van der Waals surface area contributed by atoms with E-state index in [-0.39, 0.29) is 5.78 Å². The molecule has 0 atom stereocenters. The standard InChI is InChI=1S/C21H20O5/c1-23-13-16-7-6-14(18-5-4-10-26-18)11-17(16)21(22)15-8-9-19(24-2)20(12-15)25-3/h4-12H,13H2,1-3H3. The number of hydrogen-bond donors (Lipinski definition) is 0. The maximum atomic E-state index is 13.1. The smallest absolute Gasteiger partial charge is 0.193 e. The third-order valence-electron chi connectivity index (χ3n) is 4.11. The first-order valence-corrected chi connectivity index (χ1v) is 8.10. The second kappa shape index (κ2) is 7.89. The molecule has 2 aromatic carbocycles. The quantitative estimate of drug-likeness (QED) is 0.592. The number of benzene rings is 2. The van der Waals surface area contributed by atoms with Gasteiger partial charge in [0.15, 0.2) is 17.3 Å². The van der Waals surface area contributed by atoms with Crippen LogP contribution >= 0.6 is 0 Å². The van der Waals surface area contributed by atoms with Crippen molar-refractivity contribution in [3.8, 4) is 22.8 Å². The highest BCUT2D eigenvalue weighted by molar-refractivity contribution is 6.10. The Hall–Kier alpha value is -3.05. The van der Waals surface area contributed by atoms with Crippen LogP contribution in [0.5, 0.6) is 11.5 Å². The van der Waals surface area contributed by atoms with Crippen LogP contribution in [0, 0.1) is 0 Å². The monoisotopic (exact) mass is 352 g/mol. The molecule has 3 aromatic rings. The predicted octanol–water partition coefficient (Wildman–Crippen LogP) is 4.34. The van der Waals surface area contributed by atoms with E-state index < -0.39 is 0 Å². The molecular formula is C21H20O5. The number of carbonyl (C=O) groups excluding carboxylic acids is 1. The molecule has 0 amide bonds. The van der Waals surface area contributed by atoms with Crippen molar-refractivity contribution in [1.29, 1.82) is 0 Å². The summed E-state index contributed by atoms with van der Waals surface area (Å²) >= 11 is 0. The van der Waals surface area contributed by atoms with Crippen LogP contribution in [-0.2, 0) is 11.3 Å². The van der Waals surface area contributed by atoms with Crippen LogP contribution in [0.3, 0.4) is 0 Å². The van der Waals surface area contributed by atoms with Crippen LogP contribution in [0.4, 0.5) is 0 Å². The molecular weight excluding hydrogens is 332 g/mol. The van der Waals surface area contributed by atoms with Gasteiger partial charge in [-0.1, -0.05) is 12.1 Å². The minimum atomic E-state index is -0.119. The van der Waals surface area contributed by atoms with E-state index in [1.165, 1.54) is 0 Å². The highest BCUT2D eigenvalue weighted by atomic mass is 16.5. The van der Waals surface area contributed by atoms with E-state index in [1.54, 1.807) is 45.8 Å². The van der Waals surface area contributed by atoms with Crippen molar-refractivity contribution in [1.82, 2.24) is 0 Å². The van der Waals surface area contributed by atoms with Crippen molar-refractivity contribution in [3.05, 3.63) is 71.5 Å². The van der Waals surface area contributed by atoms with Gasteiger partial charge in [0.1, 0.15) is 5.76 Å². The minimum Gasteiger partial charge on any atom is -0.493 e. The SMILES string of the molecule is COCc1ccc(-c2ccco2)cc1C(=O)c1ccc(OC)c(OC)c1. The molecule has 0 aliphatic rings. The molecule has 0 spiro atoms. The fraction of sp³-hybridized carbons (Fsp3) is 0.190. The topological polar surface area (TPSA) is 57.9 Å². The molecule has 5 nitrogen and oxygen atoms in total. The second-order valence-electron chi connectivity index (χ2n) is 5.68. The van der Waals surface area contributed by atoms with Crippen LogP contribution < -0.4 is 9.47 Å². The number of ketones is 1. The third-order valence-corrected chi connectivity index (χ3v) is 4.11. The highest BCUT2D eigenvalue weighted by Gasteiger charge is 2.18. The predicted molar refractivity (Wildman–Crippen MR) is 97.8 cm³/mol. The molecule has 0 aliphatic carbocycles. The van der Waals surface area contributed by atoms with Crippen LogP contribution in [0.15, 0.2) is 59.2 Å². The lowest BCUT2D eigenvalue weighted by molar-refractivity contribution is 0.103. The summed E-state index contributed by atoms with van der Waals surface area (Å²) in [6.45, 7) is 0.340. The summed E-state index contributed by atoms with van der Waals surface area (Å²) in [5, 5.41) is 0. The van der Waals surface area contributed by atoms with Crippen LogP contribution in [0.1, 0.15) is 21.5 Å². The van der Waals surface area contributed by atoms with E-state index >= 15 is 0 Å². The van der Waals surface area contributed by atoms with Crippen molar-refractivity contribution in [3.63, 3.8) is 0 Å². The van der Waals surface area contributed by atoms with E-state index in [4.69, 9.17) is 18.6 Å². The Balaban J connectivity index is 2.06. The Bertz CT molecular complexity index is 897. The summed E-state index contributed by atoms with van der Waals surface area (Å²) in [6, 6.07) is 14.4. The first kappa shape index (κ1) is 17.8. The van der Waals surface area contributed by atoms with Gasteiger partial charge in [0.2, 0.25) is 0 Å². The fourth-order valence-corrected chi connectivity index (χ4v) is 2.80. The molecule has 134 valence electrons. The van der Waals surface area contributed by atoms with Gasteiger partial charge in [-0.25, -0.2) is 0 Å². The molecule has 26 heavy (non-hydrogen) atoms. The van der Waals surface area contributed by atoms with E-state index in [1.807, 2.05) is 30.3 Å². The number of rotatable bonds is 7. The first-order chi connectivity index (χ1) is 12.7. The lowest BCUT2D eigenvalue weighted by atomic mass is 9.95. The van der Waals surface area contributed by atoms with Crippen molar-refractivity contribution in [2.45, 2.75) is 6.61 Å². The average molecular weight is 352 g/mol. The van der Waals surface area contributed by atoms with Gasteiger partial charge in [0, 0.05) is 23.8 Å². The number of methoxy groups -OCH3 is 3. The molecule has 0 unspecified atom stereocenters. The van der Waals surface area contributed by atoms with Crippen LogP contribution in [0.2, 0.25) is 0 Å². The number of furan rings is 1. The number of carbonyl (C=O) groups is 1. The molecule has 0 aliphatic heterocycles. The zero-order valence-corrected chi connectivity index (χ0v) is 14.9. The van der Waals surface area contributed by atoms with Crippen LogP contribution in [0.25, 0.3) is 11.3 Å². The molecule has 0 bridgehead atoms. The minimum absolute atomic E-state index is 0.119. The van der Waals surface area contributed by atoms with Crippen LogP contribution in [-0.4, -0.2) is 27.1 Å². The largest absolute Gasteiger partial charge is 0.493 e. The summed E-state index contributed by atoms with van der Waals surface area (Å²) < 4.78 is 21.2. The number of hydrogen-bond acceptors (Lipinski definition) is 5. The summed E-state index contributed by atoms with van der Waals surface area (Å²) in [5.74, 6) is 1.67. The molecule has 0 radical (unpaired) electrons. The molecule has 1 aromatic heterocycles. The van der Waals surface area contributed by atoms with E-state index in [2.05, 4.69) is 0 Å². The summed E-state index contributed by atoms with van der Waals surface area (Å²) in [7, 11) is 4.70. The summed E-state index contributed by atoms with van der Waals surface area (Å²) in [5.41, 5.74) is 2.71. The molecule has 0 fully saturated rings. The maximum Gasteiger partial charge on any atom is 0.193 e. The Morgan fingerprint density at radius 3 is 2.42 bits per heavy atom. The molecule has 0 saturated carbocycles. The van der Waals surface area contributed by atoms with Crippen molar-refractivity contribution >= 4 is 5.78 Å². The van der Waals surface area contributed by atoms with Gasteiger partial charge in [-0.3, -0.25) is 4.79 Å². The van der Waals surface area contributed by atoms with Crippen molar-refractivity contribution in [2.24, 2.45) is 0 Å². The molecule has 0 saturated heterocycles. The van der Waals surface area contributed by atoms with E-state index in [9.17, 15) is 4.79 Å². The van der Waals surface area contributed by atoms with Crippen molar-refractivity contribution < 1.29 is 23.4 Å². The van der Waals surface area contributed by atoms with Gasteiger partial charge >= 0.3 is 0 Å². The zero-order valence-electron chi connectivity index (χ0n) is 14.9. The van der Waals surface area contributed by atoms with Crippen molar-refractivity contribution in [2.75, 3.05) is 21.3 Å². The first-order valence-electron chi connectivity index (χ1n) is 8.10. The fourth-order valence-electron chi connectivity index (χ4n) is 2.80. The van der Waals surface area contributed by atoms with E-state index in [0.717, 1.165) is 11.1 Å². The second-order valence-corrected chi connectivity index (χ2v) is 5.68. The Kier molecular flexibility index (Phi) is 5.39. The lowest BCUT2D eigenvalue weighted by Gasteiger charge is -2.12. The Morgan fingerprint density at radius 2 is 1.77 bits per heavy atom. The van der Waals surface area contributed by atoms with Gasteiger partial charge in [-0.2, -0.15) is 0 Å². The molecule has 0 N–H and O–H groups in total. The Morgan fingerprint density at radius 1 is 0.962 bits per heavy atom. The van der Waals surface area contributed by atoms with Gasteiger partial charge in [-0.05, 0) is 42.0 Å². The van der Waals surface area contributed by atoms with Gasteiger partial charge in [0.05, 0.1) is 27.1 Å². The maximum absolute atomic E-state index is 13.1.